The number of nitrogens with zero attached hydrogens (tertiary/aromatic N) is 3. The van der Waals surface area contributed by atoms with Crippen molar-refractivity contribution < 1.29 is 19.1 Å². The molecule has 1 unspecified atom stereocenters. The van der Waals surface area contributed by atoms with Gasteiger partial charge in [-0.1, -0.05) is 79.9 Å². The number of nitrogens with one attached hydrogen (secondary N) is 1. The zero-order valence-corrected chi connectivity index (χ0v) is 29.2. The van der Waals surface area contributed by atoms with Crippen LogP contribution in [0.1, 0.15) is 70.0 Å². The molecule has 250 valence electrons. The Labute approximate surface area is 283 Å². The monoisotopic (exact) mass is 666 g/mol. The summed E-state index contributed by atoms with van der Waals surface area (Å²) < 4.78 is 5.58. The van der Waals surface area contributed by atoms with Crippen molar-refractivity contribution in [2.24, 2.45) is 5.92 Å². The number of rotatable bonds is 10. The van der Waals surface area contributed by atoms with Gasteiger partial charge in [0.25, 0.3) is 0 Å². The predicted molar refractivity (Wildman–Crippen MR) is 188 cm³/mol. The van der Waals surface area contributed by atoms with Crippen molar-refractivity contribution in [3.05, 3.63) is 71.8 Å². The van der Waals surface area contributed by atoms with E-state index in [0.717, 1.165) is 18.8 Å². The summed E-state index contributed by atoms with van der Waals surface area (Å²) in [5.41, 5.74) is 1.82. The van der Waals surface area contributed by atoms with Crippen molar-refractivity contribution in [3.8, 4) is 0 Å². The van der Waals surface area contributed by atoms with Crippen LogP contribution in [0.15, 0.2) is 60.7 Å². The fourth-order valence-corrected chi connectivity index (χ4v) is 9.02. The van der Waals surface area contributed by atoms with Gasteiger partial charge in [0, 0.05) is 37.7 Å². The molecular weight excluding hydrogens is 617 g/mol. The highest BCUT2D eigenvalue weighted by Crippen LogP contribution is 2.31. The fourth-order valence-electron chi connectivity index (χ4n) is 6.61. The standard InChI is InChI=1S/C36H50N4O4S2/c1-36(2,3)44-35(43)40-26-46-25-31(40)33(41)37-30(24-45-23-27-13-7-4-8-14-27)34(42)39-21-19-38(20-22-39)32(28-15-9-5-10-16-28)29-17-11-6-12-18-29/h5-6,9-12,15-18,27,30-32H,4,7-8,13-14,19-26H2,1-3H3,(H,37,41)/t30-,31?/m0/s1. The molecule has 2 aliphatic heterocycles. The maximum absolute atomic E-state index is 14.1. The lowest BCUT2D eigenvalue weighted by Gasteiger charge is -2.41. The molecule has 1 N–H and O–H groups in total. The van der Waals surface area contributed by atoms with E-state index in [0.29, 0.717) is 36.4 Å². The minimum Gasteiger partial charge on any atom is -0.444 e. The Kier molecular flexibility index (Phi) is 12.4. The Morgan fingerprint density at radius 2 is 1.52 bits per heavy atom. The molecular formula is C36H50N4O4S2. The number of benzene rings is 2. The average molecular weight is 667 g/mol. The second-order valence-electron chi connectivity index (χ2n) is 13.7. The number of amides is 3. The van der Waals surface area contributed by atoms with E-state index in [9.17, 15) is 14.4 Å². The lowest BCUT2D eigenvalue weighted by Crippen LogP contribution is -2.58. The molecule has 2 aromatic carbocycles. The van der Waals surface area contributed by atoms with Crippen LogP contribution in [0.25, 0.3) is 0 Å². The second-order valence-corrected chi connectivity index (χ2v) is 15.7. The van der Waals surface area contributed by atoms with E-state index in [1.807, 2.05) is 37.8 Å². The van der Waals surface area contributed by atoms with Crippen LogP contribution in [0.2, 0.25) is 0 Å². The lowest BCUT2D eigenvalue weighted by molar-refractivity contribution is -0.138. The lowest BCUT2D eigenvalue weighted by atomic mass is 9.91. The van der Waals surface area contributed by atoms with Gasteiger partial charge < -0.3 is 15.0 Å². The minimum atomic E-state index is -0.659. The van der Waals surface area contributed by atoms with Crippen LogP contribution in [0.4, 0.5) is 4.79 Å². The van der Waals surface area contributed by atoms with Crippen LogP contribution >= 0.6 is 23.5 Å². The first-order chi connectivity index (χ1) is 22.2. The third kappa shape index (κ3) is 9.44. The Hall–Kier alpha value is -2.69. The van der Waals surface area contributed by atoms with E-state index in [-0.39, 0.29) is 17.9 Å². The largest absolute Gasteiger partial charge is 0.444 e. The van der Waals surface area contributed by atoms with Crippen LogP contribution in [-0.2, 0) is 14.3 Å². The van der Waals surface area contributed by atoms with E-state index in [1.54, 1.807) is 11.8 Å². The summed E-state index contributed by atoms with van der Waals surface area (Å²) in [6.45, 7) is 8.13. The first-order valence-electron chi connectivity index (χ1n) is 16.8. The number of carbonyl (C=O) groups is 3. The SMILES string of the molecule is CC(C)(C)OC(=O)N1CSCC1C(=O)N[C@@H](CSCC1CCCCC1)C(=O)N1CCN(C(c2ccccc2)c2ccccc2)CC1. The zero-order chi connectivity index (χ0) is 32.5. The van der Waals surface area contributed by atoms with Gasteiger partial charge in [0.15, 0.2) is 0 Å². The Balaban J connectivity index is 1.25. The third-order valence-corrected chi connectivity index (χ3v) is 11.3. The summed E-state index contributed by atoms with van der Waals surface area (Å²) in [5, 5.41) is 3.10. The van der Waals surface area contributed by atoms with Gasteiger partial charge in [0.1, 0.15) is 17.7 Å². The van der Waals surface area contributed by atoms with Crippen LogP contribution in [-0.4, -0.2) is 99.6 Å². The van der Waals surface area contributed by atoms with E-state index in [4.69, 9.17) is 4.74 Å². The summed E-state index contributed by atoms with van der Waals surface area (Å²) in [6.07, 6.45) is 5.87. The van der Waals surface area contributed by atoms with Crippen molar-refractivity contribution in [2.75, 3.05) is 49.3 Å². The number of hydrogen-bond donors (Lipinski definition) is 1. The normalized spacial score (nSPS) is 20.5. The second kappa shape index (κ2) is 16.4. The van der Waals surface area contributed by atoms with Crippen LogP contribution < -0.4 is 5.32 Å². The Bertz CT molecular complexity index is 1240. The van der Waals surface area contributed by atoms with Crippen LogP contribution in [0.5, 0.6) is 0 Å². The van der Waals surface area contributed by atoms with Crippen LogP contribution in [0, 0.1) is 5.92 Å². The minimum absolute atomic E-state index is 0.0328. The molecule has 1 saturated carbocycles. The average Bonchev–Trinajstić information content (AvgIpc) is 3.56. The van der Waals surface area contributed by atoms with E-state index >= 15 is 0 Å². The van der Waals surface area contributed by atoms with Gasteiger partial charge in [-0.2, -0.15) is 11.8 Å². The maximum Gasteiger partial charge on any atom is 0.411 e. The molecule has 0 aromatic heterocycles. The molecule has 8 nitrogen and oxygen atoms in total. The summed E-state index contributed by atoms with van der Waals surface area (Å²) >= 11 is 3.31. The molecule has 0 spiro atoms. The van der Waals surface area contributed by atoms with Crippen molar-refractivity contribution >= 4 is 41.4 Å². The molecule has 0 radical (unpaired) electrons. The smallest absolute Gasteiger partial charge is 0.411 e. The molecule has 2 saturated heterocycles. The van der Waals surface area contributed by atoms with E-state index < -0.39 is 23.8 Å². The van der Waals surface area contributed by atoms with Crippen molar-refractivity contribution in [2.45, 2.75) is 76.6 Å². The molecule has 1 aliphatic carbocycles. The topological polar surface area (TPSA) is 82.2 Å². The van der Waals surface area contributed by atoms with Gasteiger partial charge in [0.2, 0.25) is 11.8 Å². The summed E-state index contributed by atoms with van der Waals surface area (Å²) in [4.78, 5) is 46.6. The highest BCUT2D eigenvalue weighted by molar-refractivity contribution is 7.99. The van der Waals surface area contributed by atoms with Crippen molar-refractivity contribution in [3.63, 3.8) is 0 Å². The van der Waals surface area contributed by atoms with Gasteiger partial charge in [-0.05, 0) is 56.4 Å². The molecule has 3 amide bonds. The van der Waals surface area contributed by atoms with E-state index in [2.05, 4.69) is 58.7 Å². The van der Waals surface area contributed by atoms with E-state index in [1.165, 1.54) is 59.9 Å². The summed E-state index contributed by atoms with van der Waals surface area (Å²) in [5.74, 6) is 2.79. The van der Waals surface area contributed by atoms with Gasteiger partial charge >= 0.3 is 6.09 Å². The molecule has 3 fully saturated rings. The number of hydrogen-bond acceptors (Lipinski definition) is 7. The Morgan fingerprint density at radius 1 is 0.913 bits per heavy atom. The summed E-state index contributed by atoms with van der Waals surface area (Å²) in [7, 11) is 0. The maximum atomic E-state index is 14.1. The first kappa shape index (κ1) is 34.6. The fraction of sp³-hybridized carbons (Fsp3) is 0.583. The Morgan fingerprint density at radius 3 is 2.11 bits per heavy atom. The predicted octanol–water partition coefficient (Wildman–Crippen LogP) is 6.03. The number of ether oxygens (including phenoxy) is 1. The molecule has 46 heavy (non-hydrogen) atoms. The third-order valence-electron chi connectivity index (χ3n) is 9.01. The van der Waals surface area contributed by atoms with Gasteiger partial charge in [0.05, 0.1) is 11.9 Å². The molecule has 10 heteroatoms. The molecule has 0 bridgehead atoms. The molecule has 2 atom stereocenters. The quantitative estimate of drug-likeness (QED) is 0.332. The number of piperazine rings is 1. The number of thioether (sulfide) groups is 2. The first-order valence-corrected chi connectivity index (χ1v) is 19.1. The highest BCUT2D eigenvalue weighted by atomic mass is 32.2. The van der Waals surface area contributed by atoms with Crippen LogP contribution in [0.3, 0.4) is 0 Å². The van der Waals surface area contributed by atoms with Gasteiger partial charge in [-0.3, -0.25) is 19.4 Å². The molecule has 3 aliphatic rings. The van der Waals surface area contributed by atoms with Gasteiger partial charge in [-0.25, -0.2) is 4.79 Å². The molecule has 2 heterocycles. The number of carbonyl (C=O) groups excluding carboxylic acids is 3. The molecule has 2 aromatic rings. The van der Waals surface area contributed by atoms with Crippen molar-refractivity contribution in [1.29, 1.82) is 0 Å². The van der Waals surface area contributed by atoms with Gasteiger partial charge in [-0.15, -0.1) is 11.8 Å². The zero-order valence-electron chi connectivity index (χ0n) is 27.6. The van der Waals surface area contributed by atoms with Crippen molar-refractivity contribution in [1.82, 2.24) is 20.0 Å². The summed E-state index contributed by atoms with van der Waals surface area (Å²) in [6, 6.07) is 19.9. The molecule has 5 rings (SSSR count). The highest BCUT2D eigenvalue weighted by Gasteiger charge is 2.39.